The van der Waals surface area contributed by atoms with Gasteiger partial charge in [0.1, 0.15) is 18.8 Å². The predicted molar refractivity (Wildman–Crippen MR) is 73.9 cm³/mol. The Kier molecular flexibility index (Phi) is 4.68. The van der Waals surface area contributed by atoms with E-state index in [9.17, 15) is 4.79 Å². The molecule has 0 saturated heterocycles. The van der Waals surface area contributed by atoms with Crippen molar-refractivity contribution >= 4 is 11.6 Å². The maximum absolute atomic E-state index is 11.2. The monoisotopic (exact) mass is 267 g/mol. The third-order valence-corrected chi connectivity index (χ3v) is 2.51. The van der Waals surface area contributed by atoms with Crippen molar-refractivity contribution in [3.63, 3.8) is 0 Å². The number of pyridine rings is 1. The van der Waals surface area contributed by atoms with Crippen LogP contribution >= 0.6 is 0 Å². The van der Waals surface area contributed by atoms with Gasteiger partial charge in [-0.2, -0.15) is 5.26 Å². The van der Waals surface area contributed by atoms with Crippen LogP contribution in [0.1, 0.15) is 12.0 Å². The largest absolute Gasteiger partial charge is 0.489 e. The first-order valence-electron chi connectivity index (χ1n) is 6.06. The zero-order valence-corrected chi connectivity index (χ0v) is 10.7. The molecule has 5 nitrogen and oxygen atoms in total. The molecule has 2 rings (SSSR count). The molecule has 0 aliphatic carbocycles. The number of carbonyl (C=O) groups excluding carboxylic acids is 1. The Balaban J connectivity index is 1.89. The number of aromatic nitrogens is 1. The van der Waals surface area contributed by atoms with E-state index in [4.69, 9.17) is 10.00 Å². The Morgan fingerprint density at radius 2 is 2.10 bits per heavy atom. The first-order chi connectivity index (χ1) is 9.78. The van der Waals surface area contributed by atoms with Gasteiger partial charge >= 0.3 is 0 Å². The SMILES string of the molecule is N#CCC(=O)Nc1ccc(OCc2cccnc2)cc1. The first-order valence-corrected chi connectivity index (χ1v) is 6.06. The minimum Gasteiger partial charge on any atom is -0.489 e. The Bertz CT molecular complexity index is 603. The predicted octanol–water partition coefficient (Wildman–Crippen LogP) is 2.51. The fourth-order valence-corrected chi connectivity index (χ4v) is 1.56. The van der Waals surface area contributed by atoms with Crippen LogP contribution < -0.4 is 10.1 Å². The van der Waals surface area contributed by atoms with E-state index in [-0.39, 0.29) is 12.3 Å². The van der Waals surface area contributed by atoms with Crippen LogP contribution in [0, 0.1) is 11.3 Å². The van der Waals surface area contributed by atoms with Gasteiger partial charge in [-0.05, 0) is 30.3 Å². The molecule has 2 aromatic rings. The molecule has 1 amide bonds. The highest BCUT2D eigenvalue weighted by Crippen LogP contribution is 2.17. The van der Waals surface area contributed by atoms with Gasteiger partial charge in [0.15, 0.2) is 0 Å². The number of nitrogens with zero attached hydrogens (tertiary/aromatic N) is 2. The number of hydrogen-bond acceptors (Lipinski definition) is 4. The number of nitriles is 1. The lowest BCUT2D eigenvalue weighted by Gasteiger charge is -2.07. The summed E-state index contributed by atoms with van der Waals surface area (Å²) in [4.78, 5) is 15.2. The molecule has 1 aromatic heterocycles. The number of carbonyl (C=O) groups is 1. The van der Waals surface area contributed by atoms with Gasteiger partial charge in [-0.15, -0.1) is 0 Å². The molecule has 0 fully saturated rings. The van der Waals surface area contributed by atoms with Crippen LogP contribution in [-0.4, -0.2) is 10.9 Å². The average Bonchev–Trinajstić information content (AvgIpc) is 2.48. The molecule has 0 aliphatic heterocycles. The summed E-state index contributed by atoms with van der Waals surface area (Å²) in [5.41, 5.74) is 1.62. The third kappa shape index (κ3) is 4.10. The summed E-state index contributed by atoms with van der Waals surface area (Å²) in [5.74, 6) is 0.378. The van der Waals surface area contributed by atoms with Gasteiger partial charge < -0.3 is 10.1 Å². The molecule has 0 aliphatic rings. The summed E-state index contributed by atoms with van der Waals surface area (Å²) in [7, 11) is 0. The molecule has 1 aromatic carbocycles. The topological polar surface area (TPSA) is 75.0 Å². The number of anilines is 1. The highest BCUT2D eigenvalue weighted by Gasteiger charge is 2.01. The smallest absolute Gasteiger partial charge is 0.238 e. The molecule has 100 valence electrons. The molecule has 0 radical (unpaired) electrons. The zero-order valence-electron chi connectivity index (χ0n) is 10.7. The minimum atomic E-state index is -0.323. The summed E-state index contributed by atoms with van der Waals surface area (Å²) in [6.45, 7) is 0.438. The number of rotatable bonds is 5. The maximum atomic E-state index is 11.2. The molecule has 1 heterocycles. The van der Waals surface area contributed by atoms with Gasteiger partial charge in [0, 0.05) is 23.6 Å². The third-order valence-electron chi connectivity index (χ3n) is 2.51. The van der Waals surface area contributed by atoms with Crippen LogP contribution in [0.2, 0.25) is 0 Å². The molecule has 20 heavy (non-hydrogen) atoms. The van der Waals surface area contributed by atoms with Crippen molar-refractivity contribution < 1.29 is 9.53 Å². The summed E-state index contributed by atoms with van der Waals surface area (Å²) in [6, 6.07) is 12.6. The van der Waals surface area contributed by atoms with Crippen molar-refractivity contribution in [3.05, 3.63) is 54.4 Å². The second kappa shape index (κ2) is 6.90. The number of ether oxygens (including phenoxy) is 1. The molecule has 0 atom stereocenters. The molecular formula is C15H13N3O2. The van der Waals surface area contributed by atoms with Gasteiger partial charge in [0.05, 0.1) is 6.07 Å². The lowest BCUT2D eigenvalue weighted by molar-refractivity contribution is -0.115. The van der Waals surface area contributed by atoms with Crippen LogP contribution in [0.4, 0.5) is 5.69 Å². The van der Waals surface area contributed by atoms with Gasteiger partial charge in [-0.3, -0.25) is 9.78 Å². The second-order valence-electron chi connectivity index (χ2n) is 4.06. The van der Waals surface area contributed by atoms with Crippen molar-refractivity contribution in [2.75, 3.05) is 5.32 Å². The maximum Gasteiger partial charge on any atom is 0.238 e. The molecule has 0 unspecified atom stereocenters. The van der Waals surface area contributed by atoms with Crippen molar-refractivity contribution in [2.24, 2.45) is 0 Å². The van der Waals surface area contributed by atoms with Crippen LogP contribution in [-0.2, 0) is 11.4 Å². The van der Waals surface area contributed by atoms with Crippen molar-refractivity contribution in [1.82, 2.24) is 4.98 Å². The first kappa shape index (κ1) is 13.6. The Morgan fingerprint density at radius 3 is 2.75 bits per heavy atom. The fourth-order valence-electron chi connectivity index (χ4n) is 1.56. The van der Waals surface area contributed by atoms with Crippen molar-refractivity contribution in [3.8, 4) is 11.8 Å². The lowest BCUT2D eigenvalue weighted by atomic mass is 10.3. The summed E-state index contributed by atoms with van der Waals surface area (Å²) < 4.78 is 5.59. The number of hydrogen-bond donors (Lipinski definition) is 1. The number of nitrogens with one attached hydrogen (secondary N) is 1. The molecule has 5 heteroatoms. The van der Waals surface area contributed by atoms with Crippen LogP contribution in [0.15, 0.2) is 48.8 Å². The summed E-state index contributed by atoms with van der Waals surface area (Å²) >= 11 is 0. The van der Waals surface area contributed by atoms with E-state index in [0.717, 1.165) is 5.56 Å². The average molecular weight is 267 g/mol. The Labute approximate surface area is 116 Å². The van der Waals surface area contributed by atoms with E-state index in [1.807, 2.05) is 12.1 Å². The van der Waals surface area contributed by atoms with Gasteiger partial charge in [-0.1, -0.05) is 6.07 Å². The number of amides is 1. The van der Waals surface area contributed by atoms with Crippen LogP contribution in [0.3, 0.4) is 0 Å². The van der Waals surface area contributed by atoms with Gasteiger partial charge in [-0.25, -0.2) is 0 Å². The zero-order chi connectivity index (χ0) is 14.2. The quantitative estimate of drug-likeness (QED) is 0.903. The van der Waals surface area contributed by atoms with E-state index in [2.05, 4.69) is 10.3 Å². The van der Waals surface area contributed by atoms with E-state index in [0.29, 0.717) is 18.0 Å². The lowest BCUT2D eigenvalue weighted by Crippen LogP contribution is -2.09. The molecule has 0 bridgehead atoms. The number of benzene rings is 1. The highest BCUT2D eigenvalue weighted by atomic mass is 16.5. The van der Waals surface area contributed by atoms with E-state index < -0.39 is 0 Å². The van der Waals surface area contributed by atoms with E-state index >= 15 is 0 Å². The van der Waals surface area contributed by atoms with E-state index in [1.54, 1.807) is 42.7 Å². The molecule has 0 spiro atoms. The van der Waals surface area contributed by atoms with Gasteiger partial charge in [0.2, 0.25) is 5.91 Å². The normalized spacial score (nSPS) is 9.55. The molecule has 0 saturated carbocycles. The fraction of sp³-hybridized carbons (Fsp3) is 0.133. The molecule has 1 N–H and O–H groups in total. The van der Waals surface area contributed by atoms with Crippen LogP contribution in [0.5, 0.6) is 5.75 Å². The second-order valence-corrected chi connectivity index (χ2v) is 4.06. The summed E-state index contributed by atoms with van der Waals surface area (Å²) in [6.07, 6.45) is 3.30. The standard InChI is InChI=1S/C15H13N3O2/c16-8-7-15(19)18-13-3-5-14(6-4-13)20-11-12-2-1-9-17-10-12/h1-6,9-10H,7,11H2,(H,18,19). The summed E-state index contributed by atoms with van der Waals surface area (Å²) in [5, 5.41) is 11.0. The van der Waals surface area contributed by atoms with Crippen molar-refractivity contribution in [1.29, 1.82) is 5.26 Å². The van der Waals surface area contributed by atoms with E-state index in [1.165, 1.54) is 0 Å². The Morgan fingerprint density at radius 1 is 1.30 bits per heavy atom. The highest BCUT2D eigenvalue weighted by molar-refractivity contribution is 5.92. The van der Waals surface area contributed by atoms with Gasteiger partial charge in [0.25, 0.3) is 0 Å². The molecular weight excluding hydrogens is 254 g/mol. The van der Waals surface area contributed by atoms with Crippen LogP contribution in [0.25, 0.3) is 0 Å². The Hall–Kier alpha value is -2.87. The van der Waals surface area contributed by atoms with Crippen molar-refractivity contribution in [2.45, 2.75) is 13.0 Å². The minimum absolute atomic E-state index is 0.154.